The lowest BCUT2D eigenvalue weighted by Gasteiger charge is -2.31. The van der Waals surface area contributed by atoms with Gasteiger partial charge >= 0.3 is 0 Å². The Hall–Kier alpha value is -2.04. The number of rotatable bonds is 6. The molecule has 0 bridgehead atoms. The molecule has 1 aromatic rings. The fraction of sp³-hybridized carbons (Fsp3) is 0.591. The van der Waals surface area contributed by atoms with Gasteiger partial charge in [0.25, 0.3) is 0 Å². The second-order valence-corrected chi connectivity index (χ2v) is 11.5. The number of nitrogens with one attached hydrogen (secondary N) is 2. The molecule has 1 saturated carbocycles. The van der Waals surface area contributed by atoms with Gasteiger partial charge in [-0.15, -0.1) is 0 Å². The molecule has 0 aromatic heterocycles. The van der Waals surface area contributed by atoms with Crippen LogP contribution in [0.1, 0.15) is 58.4 Å². The molecule has 1 aromatic carbocycles. The summed E-state index contributed by atoms with van der Waals surface area (Å²) in [6, 6.07) is 8.21. The molecule has 0 unspecified atom stereocenters. The largest absolute Gasteiger partial charge is 0.385 e. The third kappa shape index (κ3) is 5.31. The van der Waals surface area contributed by atoms with E-state index in [1.165, 1.54) is 0 Å². The van der Waals surface area contributed by atoms with E-state index in [1.807, 2.05) is 18.3 Å². The van der Waals surface area contributed by atoms with E-state index in [4.69, 9.17) is 0 Å². The Bertz CT molecular complexity index is 888. The monoisotopic (exact) mass is 416 g/mol. The molecule has 158 valence electrons. The van der Waals surface area contributed by atoms with Crippen LogP contribution in [0.25, 0.3) is 0 Å². The third-order valence-electron chi connectivity index (χ3n) is 5.82. The highest BCUT2D eigenvalue weighted by atomic mass is 32.2. The molecule has 1 aliphatic heterocycles. The van der Waals surface area contributed by atoms with Crippen LogP contribution in [0.5, 0.6) is 0 Å². The van der Waals surface area contributed by atoms with Crippen molar-refractivity contribution in [3.05, 3.63) is 36.0 Å². The van der Waals surface area contributed by atoms with Crippen LogP contribution < -0.4 is 14.9 Å². The highest BCUT2D eigenvalue weighted by Gasteiger charge is 2.32. The minimum Gasteiger partial charge on any atom is -0.385 e. The smallest absolute Gasteiger partial charge is 0.216 e. The first-order valence-corrected chi connectivity index (χ1v) is 11.9. The summed E-state index contributed by atoms with van der Waals surface area (Å²) in [4.78, 5) is 2.12. The summed E-state index contributed by atoms with van der Waals surface area (Å²) in [6.07, 6.45) is 8.92. The Kier molecular flexibility index (Phi) is 6.55. The maximum Gasteiger partial charge on any atom is 0.216 e. The molecule has 1 fully saturated rings. The van der Waals surface area contributed by atoms with Gasteiger partial charge in [-0.2, -0.15) is 5.26 Å². The molecule has 2 aliphatic rings. The van der Waals surface area contributed by atoms with Crippen LogP contribution in [0.4, 0.5) is 11.4 Å². The van der Waals surface area contributed by atoms with Crippen molar-refractivity contribution in [1.82, 2.24) is 4.72 Å². The van der Waals surface area contributed by atoms with Crippen molar-refractivity contribution in [1.29, 1.82) is 5.26 Å². The second kappa shape index (κ2) is 8.76. The number of nitrogens with zero attached hydrogens (tertiary/aromatic N) is 2. The predicted octanol–water partition coefficient (Wildman–Crippen LogP) is 3.97. The van der Waals surface area contributed by atoms with Crippen molar-refractivity contribution >= 4 is 21.4 Å². The SMILES string of the molecule is CC(C)(C)S(=O)(=O)N[C@H]1CC[C@H](CNc2ccc(C#N)c(N3C=CCC3)c2)CC1. The van der Waals surface area contributed by atoms with Crippen molar-refractivity contribution in [3.63, 3.8) is 0 Å². The summed E-state index contributed by atoms with van der Waals surface area (Å²) in [5, 5.41) is 12.9. The van der Waals surface area contributed by atoms with Crippen LogP contribution >= 0.6 is 0 Å². The fourth-order valence-electron chi connectivity index (χ4n) is 3.81. The normalized spacial score (nSPS) is 22.5. The van der Waals surface area contributed by atoms with Crippen LogP contribution in [0, 0.1) is 17.2 Å². The molecule has 3 rings (SSSR count). The molecule has 1 heterocycles. The van der Waals surface area contributed by atoms with E-state index >= 15 is 0 Å². The highest BCUT2D eigenvalue weighted by Crippen LogP contribution is 2.29. The lowest BCUT2D eigenvalue weighted by atomic mass is 9.86. The van der Waals surface area contributed by atoms with Gasteiger partial charge in [0.15, 0.2) is 0 Å². The molecular formula is C22H32N4O2S. The van der Waals surface area contributed by atoms with Crippen molar-refractivity contribution in [2.45, 2.75) is 63.7 Å². The molecule has 1 aliphatic carbocycles. The molecule has 0 spiro atoms. The quantitative estimate of drug-likeness (QED) is 0.733. The Morgan fingerprint density at radius 1 is 1.21 bits per heavy atom. The van der Waals surface area contributed by atoms with E-state index < -0.39 is 14.8 Å². The molecule has 29 heavy (non-hydrogen) atoms. The molecular weight excluding hydrogens is 384 g/mol. The highest BCUT2D eigenvalue weighted by molar-refractivity contribution is 7.90. The minimum absolute atomic E-state index is 0.0407. The predicted molar refractivity (Wildman–Crippen MR) is 118 cm³/mol. The summed E-state index contributed by atoms with van der Waals surface area (Å²) in [6.45, 7) is 6.96. The Morgan fingerprint density at radius 2 is 1.93 bits per heavy atom. The maximum absolute atomic E-state index is 12.4. The lowest BCUT2D eigenvalue weighted by molar-refractivity contribution is 0.322. The van der Waals surface area contributed by atoms with Crippen molar-refractivity contribution in [3.8, 4) is 6.07 Å². The summed E-state index contributed by atoms with van der Waals surface area (Å²) in [7, 11) is -3.29. The number of sulfonamides is 1. The van der Waals surface area contributed by atoms with Gasteiger partial charge in [0, 0.05) is 31.0 Å². The summed E-state index contributed by atoms with van der Waals surface area (Å²) in [5.41, 5.74) is 2.66. The zero-order valence-corrected chi connectivity index (χ0v) is 18.4. The van der Waals surface area contributed by atoms with E-state index in [0.29, 0.717) is 11.5 Å². The molecule has 0 atom stereocenters. The van der Waals surface area contributed by atoms with Gasteiger partial charge in [0.1, 0.15) is 6.07 Å². The van der Waals surface area contributed by atoms with Gasteiger partial charge in [0.05, 0.1) is 16.0 Å². The Balaban J connectivity index is 1.53. The standard InChI is InChI=1S/C22H32N4O2S/c1-22(2,3)29(27,28)25-19-9-6-17(7-10-19)16-24-20-11-8-18(15-23)21(14-20)26-12-4-5-13-26/h4,8,11-12,14,17,19,24-25H,5-7,9-10,13,16H2,1-3H3/t17-,19-. The van der Waals surface area contributed by atoms with E-state index in [-0.39, 0.29) is 6.04 Å². The zero-order valence-electron chi connectivity index (χ0n) is 17.6. The second-order valence-electron chi connectivity index (χ2n) is 9.04. The van der Waals surface area contributed by atoms with Gasteiger partial charge in [-0.05, 0) is 77.0 Å². The minimum atomic E-state index is -3.29. The zero-order chi connectivity index (χ0) is 21.1. The van der Waals surface area contributed by atoms with Crippen LogP contribution in [0.2, 0.25) is 0 Å². The molecule has 0 radical (unpaired) electrons. The first-order valence-electron chi connectivity index (χ1n) is 10.4. The third-order valence-corrected chi connectivity index (χ3v) is 8.08. The van der Waals surface area contributed by atoms with Crippen LogP contribution in [-0.2, 0) is 10.0 Å². The summed E-state index contributed by atoms with van der Waals surface area (Å²) < 4.78 is 26.8. The van der Waals surface area contributed by atoms with E-state index in [2.05, 4.69) is 33.2 Å². The van der Waals surface area contributed by atoms with Gasteiger partial charge in [-0.3, -0.25) is 0 Å². The van der Waals surface area contributed by atoms with Crippen LogP contribution in [0.3, 0.4) is 0 Å². The van der Waals surface area contributed by atoms with Gasteiger partial charge in [0.2, 0.25) is 10.0 Å². The average molecular weight is 417 g/mol. The molecule has 0 saturated heterocycles. The Labute approximate surface area is 175 Å². The maximum atomic E-state index is 12.4. The van der Waals surface area contributed by atoms with Crippen molar-refractivity contribution in [2.75, 3.05) is 23.3 Å². The Morgan fingerprint density at radius 3 is 2.52 bits per heavy atom. The van der Waals surface area contributed by atoms with Crippen molar-refractivity contribution in [2.24, 2.45) is 5.92 Å². The molecule has 0 amide bonds. The van der Waals surface area contributed by atoms with Gasteiger partial charge < -0.3 is 10.2 Å². The molecule has 7 heteroatoms. The average Bonchev–Trinajstić information content (AvgIpc) is 3.21. The van der Waals surface area contributed by atoms with Gasteiger partial charge in [-0.1, -0.05) is 6.08 Å². The number of hydrogen-bond acceptors (Lipinski definition) is 5. The number of nitriles is 1. The molecule has 2 N–H and O–H groups in total. The summed E-state index contributed by atoms with van der Waals surface area (Å²) >= 11 is 0. The number of anilines is 2. The summed E-state index contributed by atoms with van der Waals surface area (Å²) in [5.74, 6) is 0.524. The lowest BCUT2D eigenvalue weighted by Crippen LogP contribution is -2.46. The van der Waals surface area contributed by atoms with E-state index in [1.54, 1.807) is 20.8 Å². The number of benzene rings is 1. The van der Waals surface area contributed by atoms with E-state index in [9.17, 15) is 13.7 Å². The first kappa shape index (κ1) is 21.7. The van der Waals surface area contributed by atoms with Crippen LogP contribution in [0.15, 0.2) is 30.5 Å². The first-order chi connectivity index (χ1) is 13.7. The van der Waals surface area contributed by atoms with Gasteiger partial charge in [-0.25, -0.2) is 13.1 Å². The fourth-order valence-corrected chi connectivity index (χ4v) is 4.84. The number of hydrogen-bond donors (Lipinski definition) is 2. The topological polar surface area (TPSA) is 85.2 Å². The van der Waals surface area contributed by atoms with Crippen molar-refractivity contribution < 1.29 is 8.42 Å². The molecule has 6 nitrogen and oxygen atoms in total. The van der Waals surface area contributed by atoms with Crippen LogP contribution in [-0.4, -0.2) is 32.3 Å². The van der Waals surface area contributed by atoms with E-state index in [0.717, 1.165) is 56.6 Å².